The van der Waals surface area contributed by atoms with Crippen LogP contribution >= 0.6 is 0 Å². The van der Waals surface area contributed by atoms with E-state index in [1.165, 1.54) is 5.56 Å². The molecule has 0 radical (unpaired) electrons. The Morgan fingerprint density at radius 1 is 1.15 bits per heavy atom. The predicted octanol–water partition coefficient (Wildman–Crippen LogP) is 3.38. The highest BCUT2D eigenvalue weighted by molar-refractivity contribution is 6.55. The lowest BCUT2D eigenvalue weighted by Crippen LogP contribution is -2.41. The van der Waals surface area contributed by atoms with Crippen LogP contribution in [0.1, 0.15) is 46.6 Å². The summed E-state index contributed by atoms with van der Waals surface area (Å²) in [5, 5.41) is 0. The highest BCUT2D eigenvalue weighted by atomic mass is 16.7. The van der Waals surface area contributed by atoms with Crippen LogP contribution in [0.15, 0.2) is 41.4 Å². The molecule has 27 heavy (non-hydrogen) atoms. The zero-order chi connectivity index (χ0) is 19.7. The van der Waals surface area contributed by atoms with E-state index in [-0.39, 0.29) is 5.97 Å². The predicted molar refractivity (Wildman–Crippen MR) is 106 cm³/mol. The van der Waals surface area contributed by atoms with E-state index in [2.05, 4.69) is 17.0 Å². The lowest BCUT2D eigenvalue weighted by Gasteiger charge is -2.32. The summed E-state index contributed by atoms with van der Waals surface area (Å²) in [7, 11) is -0.520. The molecule has 0 N–H and O–H groups in total. The second-order valence-electron chi connectivity index (χ2n) is 8.26. The maximum absolute atomic E-state index is 12.5. The maximum Gasteiger partial charge on any atom is 0.492 e. The number of carbonyl (C=O) groups is 1. The average Bonchev–Trinajstić information content (AvgIpc) is 2.83. The maximum atomic E-state index is 12.5. The fourth-order valence-corrected chi connectivity index (χ4v) is 3.48. The fraction of sp³-hybridized carbons (Fsp3) is 0.571. The number of carbonyl (C=O) groups excluding carboxylic acids is 1. The first-order chi connectivity index (χ1) is 12.7. The Labute approximate surface area is 162 Å². The van der Waals surface area contributed by atoms with Crippen molar-refractivity contribution < 1.29 is 18.8 Å². The lowest BCUT2D eigenvalue weighted by atomic mass is 9.72. The molecule has 0 amide bonds. The summed E-state index contributed by atoms with van der Waals surface area (Å²) in [5.41, 5.74) is 1.98. The quantitative estimate of drug-likeness (QED) is 0.587. The molecule has 0 atom stereocenters. The van der Waals surface area contributed by atoms with Crippen molar-refractivity contribution in [2.75, 3.05) is 19.7 Å². The number of hydrogen-bond donors (Lipinski definition) is 0. The van der Waals surface area contributed by atoms with E-state index in [4.69, 9.17) is 14.0 Å². The van der Waals surface area contributed by atoms with Gasteiger partial charge >= 0.3 is 13.1 Å². The highest BCUT2D eigenvalue weighted by Crippen LogP contribution is 2.40. The molecule has 0 bridgehead atoms. The van der Waals surface area contributed by atoms with Crippen LogP contribution in [0, 0.1) is 0 Å². The normalized spacial score (nSPS) is 22.2. The van der Waals surface area contributed by atoms with Gasteiger partial charge in [0.2, 0.25) is 0 Å². The third kappa shape index (κ3) is 4.28. The molecular weight excluding hydrogens is 341 g/mol. The second kappa shape index (κ2) is 7.78. The smallest absolute Gasteiger partial charge is 0.463 e. The molecule has 1 aromatic carbocycles. The van der Waals surface area contributed by atoms with Crippen molar-refractivity contribution in [3.05, 3.63) is 46.9 Å². The van der Waals surface area contributed by atoms with Crippen molar-refractivity contribution in [1.82, 2.24) is 4.90 Å². The molecular formula is C21H30BNO4. The first-order valence-electron chi connectivity index (χ1n) is 9.74. The molecule has 1 fully saturated rings. The molecule has 1 saturated heterocycles. The van der Waals surface area contributed by atoms with Gasteiger partial charge in [-0.05, 0) is 52.1 Å². The third-order valence-corrected chi connectivity index (χ3v) is 5.77. The Hall–Kier alpha value is -1.63. The number of rotatable bonds is 5. The number of ether oxygens (including phenoxy) is 1. The summed E-state index contributed by atoms with van der Waals surface area (Å²) in [6.07, 6.45) is 0.644. The van der Waals surface area contributed by atoms with Crippen LogP contribution in [0.5, 0.6) is 0 Å². The molecule has 1 aromatic rings. The molecule has 0 saturated carbocycles. The minimum Gasteiger partial charge on any atom is -0.463 e. The molecule has 2 aliphatic rings. The van der Waals surface area contributed by atoms with Gasteiger partial charge in [-0.1, -0.05) is 30.3 Å². The number of hydrogen-bond acceptors (Lipinski definition) is 5. The van der Waals surface area contributed by atoms with Gasteiger partial charge in [0.1, 0.15) is 0 Å². The van der Waals surface area contributed by atoms with Crippen molar-refractivity contribution >= 4 is 13.1 Å². The van der Waals surface area contributed by atoms with Gasteiger partial charge < -0.3 is 14.0 Å². The topological polar surface area (TPSA) is 48.0 Å². The Bertz CT molecular complexity index is 698. The van der Waals surface area contributed by atoms with Crippen LogP contribution in [-0.2, 0) is 25.4 Å². The van der Waals surface area contributed by atoms with Gasteiger partial charge in [-0.3, -0.25) is 4.90 Å². The van der Waals surface area contributed by atoms with Crippen LogP contribution in [0.3, 0.4) is 0 Å². The summed E-state index contributed by atoms with van der Waals surface area (Å²) < 4.78 is 17.8. The van der Waals surface area contributed by atoms with E-state index >= 15 is 0 Å². The minimum absolute atomic E-state index is 0.249. The van der Waals surface area contributed by atoms with Crippen molar-refractivity contribution in [1.29, 1.82) is 0 Å². The molecule has 0 spiro atoms. The lowest BCUT2D eigenvalue weighted by molar-refractivity contribution is -0.138. The summed E-state index contributed by atoms with van der Waals surface area (Å²) in [6, 6.07) is 10.4. The van der Waals surface area contributed by atoms with E-state index in [0.717, 1.165) is 18.6 Å². The Kier molecular flexibility index (Phi) is 5.80. The van der Waals surface area contributed by atoms with Gasteiger partial charge in [0, 0.05) is 25.2 Å². The molecule has 6 heteroatoms. The largest absolute Gasteiger partial charge is 0.492 e. The van der Waals surface area contributed by atoms with Crippen molar-refractivity contribution in [2.45, 2.75) is 58.8 Å². The van der Waals surface area contributed by atoms with Gasteiger partial charge in [-0.15, -0.1) is 0 Å². The molecule has 3 rings (SSSR count). The molecule has 2 aliphatic heterocycles. The first kappa shape index (κ1) is 20.1. The van der Waals surface area contributed by atoms with E-state index in [1.54, 1.807) is 0 Å². The second-order valence-corrected chi connectivity index (χ2v) is 8.26. The summed E-state index contributed by atoms with van der Waals surface area (Å²) in [5.74, 6) is -0.249. The summed E-state index contributed by atoms with van der Waals surface area (Å²) in [6.45, 7) is 12.6. The fourth-order valence-electron chi connectivity index (χ4n) is 3.48. The monoisotopic (exact) mass is 371 g/mol. The molecule has 5 nitrogen and oxygen atoms in total. The van der Waals surface area contributed by atoms with E-state index in [1.807, 2.05) is 52.8 Å². The Morgan fingerprint density at radius 2 is 1.78 bits per heavy atom. The van der Waals surface area contributed by atoms with Gasteiger partial charge in [-0.2, -0.15) is 0 Å². The average molecular weight is 371 g/mol. The number of benzene rings is 1. The van der Waals surface area contributed by atoms with E-state index in [9.17, 15) is 4.79 Å². The van der Waals surface area contributed by atoms with Gasteiger partial charge in [0.05, 0.1) is 17.8 Å². The van der Waals surface area contributed by atoms with Gasteiger partial charge in [0.15, 0.2) is 0 Å². The van der Waals surface area contributed by atoms with Crippen molar-refractivity contribution in [3.8, 4) is 0 Å². The standard InChI is InChI=1S/C21H30BNO4/c1-6-25-19(24)17-12-13-23(14-16-10-8-7-9-11-16)15-18(17)22-26-20(2,3)21(4,5)27-22/h7-11H,6,12-15H2,1-5H3. The molecule has 0 aromatic heterocycles. The van der Waals surface area contributed by atoms with Crippen LogP contribution in [-0.4, -0.2) is 48.9 Å². The zero-order valence-electron chi connectivity index (χ0n) is 17.1. The van der Waals surface area contributed by atoms with Gasteiger partial charge in [0.25, 0.3) is 0 Å². The summed E-state index contributed by atoms with van der Waals surface area (Å²) >= 11 is 0. The van der Waals surface area contributed by atoms with Gasteiger partial charge in [-0.25, -0.2) is 4.79 Å². The number of nitrogens with zero attached hydrogens (tertiary/aromatic N) is 1. The highest BCUT2D eigenvalue weighted by Gasteiger charge is 2.53. The van der Waals surface area contributed by atoms with Crippen LogP contribution in [0.25, 0.3) is 0 Å². The Balaban J connectivity index is 1.85. The van der Waals surface area contributed by atoms with Crippen LogP contribution in [0.4, 0.5) is 0 Å². The van der Waals surface area contributed by atoms with Crippen molar-refractivity contribution in [3.63, 3.8) is 0 Å². The third-order valence-electron chi connectivity index (χ3n) is 5.77. The SMILES string of the molecule is CCOC(=O)C1=C(B2OC(C)(C)C(C)(C)O2)CN(Cc2ccccc2)CC1. The Morgan fingerprint density at radius 3 is 2.37 bits per heavy atom. The zero-order valence-corrected chi connectivity index (χ0v) is 17.1. The first-order valence-corrected chi connectivity index (χ1v) is 9.74. The molecule has 2 heterocycles. The van der Waals surface area contributed by atoms with E-state index < -0.39 is 18.3 Å². The van der Waals surface area contributed by atoms with Crippen LogP contribution in [0.2, 0.25) is 0 Å². The van der Waals surface area contributed by atoms with Crippen molar-refractivity contribution in [2.24, 2.45) is 0 Å². The minimum atomic E-state index is -0.520. The number of esters is 1. The molecule has 146 valence electrons. The van der Waals surface area contributed by atoms with E-state index in [0.29, 0.717) is 25.1 Å². The van der Waals surface area contributed by atoms with Crippen LogP contribution < -0.4 is 0 Å². The molecule has 0 aliphatic carbocycles. The molecule has 0 unspecified atom stereocenters. The summed E-state index contributed by atoms with van der Waals surface area (Å²) in [4.78, 5) is 14.9.